The summed E-state index contributed by atoms with van der Waals surface area (Å²) < 4.78 is 60.2. The molecule has 0 N–H and O–H groups in total. The summed E-state index contributed by atoms with van der Waals surface area (Å²) >= 11 is 0. The number of benzene rings is 2. The highest BCUT2D eigenvalue weighted by Gasteiger charge is 2.30. The monoisotopic (exact) mass is 376 g/mol. The van der Waals surface area contributed by atoms with Gasteiger partial charge in [0.25, 0.3) is 0 Å². The minimum atomic E-state index is -1.14. The molecule has 3 nitrogen and oxygen atoms in total. The van der Waals surface area contributed by atoms with E-state index in [0.29, 0.717) is 29.4 Å². The number of allylic oxidation sites excluding steroid dienone is 1. The fourth-order valence-corrected chi connectivity index (χ4v) is 3.34. The summed E-state index contributed by atoms with van der Waals surface area (Å²) in [6, 6.07) is 4.71. The largest absolute Gasteiger partial charge is 0.493 e. The molecule has 2 heterocycles. The van der Waals surface area contributed by atoms with Crippen LogP contribution >= 0.6 is 0 Å². The van der Waals surface area contributed by atoms with Gasteiger partial charge in [-0.25, -0.2) is 4.39 Å². The van der Waals surface area contributed by atoms with Crippen molar-refractivity contribution in [3.63, 3.8) is 0 Å². The van der Waals surface area contributed by atoms with E-state index in [4.69, 9.17) is 14.2 Å². The van der Waals surface area contributed by atoms with E-state index in [1.165, 1.54) is 12.1 Å². The van der Waals surface area contributed by atoms with Crippen LogP contribution in [0.15, 0.2) is 24.3 Å². The Kier molecular flexibility index (Phi) is 4.50. The van der Waals surface area contributed by atoms with Crippen LogP contribution in [-0.4, -0.2) is 13.2 Å². The van der Waals surface area contributed by atoms with Crippen LogP contribution < -0.4 is 9.47 Å². The minimum absolute atomic E-state index is 0.0204. The second kappa shape index (κ2) is 6.83. The molecule has 2 aliphatic rings. The predicted octanol–water partition coefficient (Wildman–Crippen LogP) is 5.60. The molecule has 142 valence electrons. The highest BCUT2D eigenvalue weighted by molar-refractivity contribution is 5.65. The van der Waals surface area contributed by atoms with E-state index in [9.17, 15) is 13.2 Å². The van der Waals surface area contributed by atoms with E-state index < -0.39 is 17.5 Å². The molecule has 0 amide bonds. The van der Waals surface area contributed by atoms with Crippen molar-refractivity contribution in [3.05, 3.63) is 58.4 Å². The SMILES string of the molecule is CCOc1ccc2c(c1F)Oc1c(cc(C3=CCC(C)CO3)c(F)c1F)C2. The molecule has 1 unspecified atom stereocenters. The van der Waals surface area contributed by atoms with Crippen molar-refractivity contribution in [2.24, 2.45) is 5.92 Å². The second-order valence-corrected chi connectivity index (χ2v) is 6.84. The van der Waals surface area contributed by atoms with Gasteiger partial charge >= 0.3 is 0 Å². The zero-order chi connectivity index (χ0) is 19.1. The lowest BCUT2D eigenvalue weighted by molar-refractivity contribution is 0.209. The van der Waals surface area contributed by atoms with Crippen LogP contribution in [0.5, 0.6) is 17.2 Å². The van der Waals surface area contributed by atoms with Crippen molar-refractivity contribution in [2.75, 3.05) is 13.2 Å². The van der Waals surface area contributed by atoms with Gasteiger partial charge in [0.15, 0.2) is 23.1 Å². The van der Waals surface area contributed by atoms with Gasteiger partial charge in [-0.05, 0) is 37.5 Å². The maximum atomic E-state index is 14.7. The normalized spacial score (nSPS) is 18.0. The first-order valence-electron chi connectivity index (χ1n) is 8.95. The molecule has 0 aromatic heterocycles. The maximum Gasteiger partial charge on any atom is 0.207 e. The molecule has 1 atom stereocenters. The number of ether oxygens (including phenoxy) is 3. The second-order valence-electron chi connectivity index (χ2n) is 6.84. The quantitative estimate of drug-likeness (QED) is 0.596. The van der Waals surface area contributed by atoms with Crippen molar-refractivity contribution in [1.82, 2.24) is 0 Å². The summed E-state index contributed by atoms with van der Waals surface area (Å²) in [6.07, 6.45) is 2.73. The molecule has 2 aromatic rings. The molecule has 0 saturated carbocycles. The lowest BCUT2D eigenvalue weighted by Gasteiger charge is -2.25. The molecule has 0 bridgehead atoms. The highest BCUT2D eigenvalue weighted by Crippen LogP contribution is 2.44. The molecule has 2 aromatic carbocycles. The standard InChI is InChI=1S/C21H19F3O3/c1-3-25-16-7-5-12-8-13-9-14(15-6-4-11(2)10-26-15)17(22)19(24)21(13)27-20(12)18(16)23/h5-7,9,11H,3-4,8,10H2,1-2H3. The van der Waals surface area contributed by atoms with Crippen LogP contribution in [0, 0.1) is 23.4 Å². The molecule has 27 heavy (non-hydrogen) atoms. The lowest BCUT2D eigenvalue weighted by Crippen LogP contribution is -2.14. The molecule has 0 saturated heterocycles. The zero-order valence-electron chi connectivity index (χ0n) is 15.1. The Morgan fingerprint density at radius 1 is 1.07 bits per heavy atom. The van der Waals surface area contributed by atoms with Crippen molar-refractivity contribution in [1.29, 1.82) is 0 Å². The summed E-state index contributed by atoms with van der Waals surface area (Å²) in [4.78, 5) is 0. The van der Waals surface area contributed by atoms with E-state index >= 15 is 0 Å². The Balaban J connectivity index is 1.76. The van der Waals surface area contributed by atoms with E-state index in [2.05, 4.69) is 0 Å². The summed E-state index contributed by atoms with van der Waals surface area (Å²) in [6.45, 7) is 4.49. The first-order valence-corrected chi connectivity index (χ1v) is 8.95. The topological polar surface area (TPSA) is 27.7 Å². The number of fused-ring (bicyclic) bond motifs is 2. The zero-order valence-corrected chi connectivity index (χ0v) is 15.1. The van der Waals surface area contributed by atoms with Crippen LogP contribution in [0.4, 0.5) is 13.2 Å². The van der Waals surface area contributed by atoms with Crippen LogP contribution in [-0.2, 0) is 11.2 Å². The van der Waals surface area contributed by atoms with Crippen molar-refractivity contribution in [3.8, 4) is 17.2 Å². The van der Waals surface area contributed by atoms with E-state index in [-0.39, 0.29) is 35.8 Å². The molecular formula is C21H19F3O3. The van der Waals surface area contributed by atoms with Crippen LogP contribution in [0.3, 0.4) is 0 Å². The minimum Gasteiger partial charge on any atom is -0.493 e. The third kappa shape index (κ3) is 3.03. The van der Waals surface area contributed by atoms with Crippen molar-refractivity contribution in [2.45, 2.75) is 26.7 Å². The number of hydrogen-bond donors (Lipinski definition) is 0. The maximum absolute atomic E-state index is 14.7. The van der Waals surface area contributed by atoms with Crippen LogP contribution in [0.1, 0.15) is 37.0 Å². The molecule has 0 aliphatic carbocycles. The van der Waals surface area contributed by atoms with Gasteiger partial charge in [-0.3, -0.25) is 0 Å². The molecule has 0 radical (unpaired) electrons. The van der Waals surface area contributed by atoms with E-state index in [1.807, 2.05) is 6.92 Å². The number of halogens is 3. The van der Waals surface area contributed by atoms with E-state index in [1.54, 1.807) is 19.1 Å². The molecule has 2 aliphatic heterocycles. The average Bonchev–Trinajstić information content (AvgIpc) is 2.67. The molecule has 6 heteroatoms. The van der Waals surface area contributed by atoms with Gasteiger partial charge in [0, 0.05) is 17.5 Å². The fourth-order valence-electron chi connectivity index (χ4n) is 3.34. The first kappa shape index (κ1) is 17.8. The molecule has 0 spiro atoms. The average molecular weight is 376 g/mol. The Morgan fingerprint density at radius 2 is 1.85 bits per heavy atom. The van der Waals surface area contributed by atoms with Gasteiger partial charge in [-0.1, -0.05) is 13.0 Å². The van der Waals surface area contributed by atoms with Gasteiger partial charge in [-0.2, -0.15) is 8.78 Å². The van der Waals surface area contributed by atoms with Gasteiger partial charge in [0.05, 0.1) is 18.8 Å². The van der Waals surface area contributed by atoms with Crippen LogP contribution in [0.2, 0.25) is 0 Å². The Labute approximate surface area is 155 Å². The molecular weight excluding hydrogens is 357 g/mol. The first-order chi connectivity index (χ1) is 13.0. The van der Waals surface area contributed by atoms with Gasteiger partial charge in [-0.15, -0.1) is 0 Å². The van der Waals surface area contributed by atoms with Crippen molar-refractivity contribution >= 4 is 5.76 Å². The third-order valence-electron chi connectivity index (χ3n) is 4.76. The Bertz CT molecular complexity index is 937. The van der Waals surface area contributed by atoms with Gasteiger partial charge in [0.2, 0.25) is 11.6 Å². The van der Waals surface area contributed by atoms with Crippen molar-refractivity contribution < 1.29 is 27.4 Å². The van der Waals surface area contributed by atoms with Gasteiger partial charge < -0.3 is 14.2 Å². The molecule has 0 fully saturated rings. The fraction of sp³-hybridized carbons (Fsp3) is 0.333. The summed E-state index contributed by atoms with van der Waals surface area (Å²) in [5.74, 6) is -2.64. The Hall–Kier alpha value is -2.63. The predicted molar refractivity (Wildman–Crippen MR) is 94.5 cm³/mol. The number of rotatable bonds is 3. The van der Waals surface area contributed by atoms with Gasteiger partial charge in [0.1, 0.15) is 5.76 Å². The number of hydrogen-bond acceptors (Lipinski definition) is 3. The van der Waals surface area contributed by atoms with Crippen LogP contribution in [0.25, 0.3) is 5.76 Å². The van der Waals surface area contributed by atoms with E-state index in [0.717, 1.165) is 6.42 Å². The summed E-state index contributed by atoms with van der Waals surface area (Å²) in [5.41, 5.74) is 1.06. The summed E-state index contributed by atoms with van der Waals surface area (Å²) in [5, 5.41) is 0. The third-order valence-corrected chi connectivity index (χ3v) is 4.76. The Morgan fingerprint density at radius 3 is 2.56 bits per heavy atom. The molecule has 4 rings (SSSR count). The lowest BCUT2D eigenvalue weighted by atomic mass is 9.95. The summed E-state index contributed by atoms with van der Waals surface area (Å²) in [7, 11) is 0. The smallest absolute Gasteiger partial charge is 0.207 e. The highest BCUT2D eigenvalue weighted by atomic mass is 19.2.